The molecule has 1 aromatic heterocycles. The van der Waals surface area contributed by atoms with Crippen molar-refractivity contribution < 1.29 is 19.0 Å². The van der Waals surface area contributed by atoms with Gasteiger partial charge in [-0.1, -0.05) is 18.6 Å². The average molecular weight is 537 g/mol. The number of hydrogen-bond donors (Lipinski definition) is 3. The third-order valence-corrected chi connectivity index (χ3v) is 7.51. The summed E-state index contributed by atoms with van der Waals surface area (Å²) in [6, 6.07) is 8.04. The zero-order valence-corrected chi connectivity index (χ0v) is 23.5. The smallest absolute Gasteiger partial charge is 0.407 e. The van der Waals surface area contributed by atoms with Crippen LogP contribution in [0.25, 0.3) is 0 Å². The van der Waals surface area contributed by atoms with E-state index < -0.39 is 5.60 Å². The van der Waals surface area contributed by atoms with Crippen molar-refractivity contribution in [2.24, 2.45) is 17.8 Å². The lowest BCUT2D eigenvalue weighted by molar-refractivity contribution is 0.0324. The van der Waals surface area contributed by atoms with E-state index in [9.17, 15) is 10.1 Å². The van der Waals surface area contributed by atoms with Gasteiger partial charge in [0.05, 0.1) is 20.4 Å². The molecule has 0 saturated heterocycles. The number of benzene rings is 1. The zero-order chi connectivity index (χ0) is 28.0. The largest absolute Gasteiger partial charge is 0.493 e. The summed E-state index contributed by atoms with van der Waals surface area (Å²) in [6.45, 7) is 6.80. The molecule has 0 spiro atoms. The molecule has 2 aromatic rings. The number of alkyl carbamates (subject to hydrolysis) is 1. The molecule has 0 radical (unpaired) electrons. The lowest BCUT2D eigenvalue weighted by Crippen LogP contribution is -2.52. The van der Waals surface area contributed by atoms with E-state index in [1.54, 1.807) is 14.2 Å². The molecule has 4 atom stereocenters. The first kappa shape index (κ1) is 28.3. The molecule has 1 heterocycles. The van der Waals surface area contributed by atoms with E-state index in [0.29, 0.717) is 59.7 Å². The predicted molar refractivity (Wildman–Crippen MR) is 149 cm³/mol. The molecule has 2 bridgehead atoms. The molecule has 2 fully saturated rings. The molecular formula is C29H40N6O4. The van der Waals surface area contributed by atoms with E-state index in [1.807, 2.05) is 39.0 Å². The van der Waals surface area contributed by atoms with Gasteiger partial charge in [0.2, 0.25) is 5.95 Å². The molecule has 39 heavy (non-hydrogen) atoms. The summed E-state index contributed by atoms with van der Waals surface area (Å²) in [5, 5.41) is 19.5. The number of anilines is 2. The van der Waals surface area contributed by atoms with Crippen LogP contribution in [0, 0.1) is 29.1 Å². The van der Waals surface area contributed by atoms with Crippen molar-refractivity contribution >= 4 is 17.9 Å². The second kappa shape index (κ2) is 12.4. The van der Waals surface area contributed by atoms with Crippen molar-refractivity contribution in [1.29, 1.82) is 5.26 Å². The number of methoxy groups -OCH3 is 2. The molecule has 1 aromatic carbocycles. The zero-order valence-electron chi connectivity index (χ0n) is 23.5. The van der Waals surface area contributed by atoms with Gasteiger partial charge >= 0.3 is 6.09 Å². The van der Waals surface area contributed by atoms with Crippen LogP contribution in [0.5, 0.6) is 11.5 Å². The fourth-order valence-corrected chi connectivity index (χ4v) is 5.91. The summed E-state index contributed by atoms with van der Waals surface area (Å²) < 4.78 is 16.4. The van der Waals surface area contributed by atoms with Crippen molar-refractivity contribution in [2.45, 2.75) is 71.1 Å². The standard InChI is InChI=1S/C29H40N6O4/c1-29(2,3)39-28(36)34-24-19-8-6-9-20(24)13-18(12-19)15-31-26-22(14-30)17-33-27(35-26)32-16-21-10-7-11-23(37-4)25(21)38-5/h7,10-11,17-20,24H,6,8-9,12-13,15-16H2,1-5H3,(H,34,36)(H2,31,32,33,35)/t18?,19-,20+,24?. The van der Waals surface area contributed by atoms with E-state index in [1.165, 1.54) is 12.6 Å². The third-order valence-electron chi connectivity index (χ3n) is 7.51. The van der Waals surface area contributed by atoms with Gasteiger partial charge in [0.25, 0.3) is 0 Å². The number of para-hydroxylation sites is 1. The number of nitriles is 1. The summed E-state index contributed by atoms with van der Waals surface area (Å²) in [7, 11) is 3.21. The van der Waals surface area contributed by atoms with Crippen LogP contribution in [0.1, 0.15) is 64.0 Å². The van der Waals surface area contributed by atoms with Gasteiger partial charge in [-0.05, 0) is 70.3 Å². The maximum Gasteiger partial charge on any atom is 0.407 e. The van der Waals surface area contributed by atoms with Gasteiger partial charge in [-0.2, -0.15) is 10.2 Å². The second-order valence-corrected chi connectivity index (χ2v) is 11.4. The molecule has 1 amide bonds. The number of nitrogens with one attached hydrogen (secondary N) is 3. The fourth-order valence-electron chi connectivity index (χ4n) is 5.91. The number of aromatic nitrogens is 2. The minimum atomic E-state index is -0.510. The quantitative estimate of drug-likeness (QED) is 0.400. The Bertz CT molecular complexity index is 1180. The Morgan fingerprint density at radius 1 is 1.13 bits per heavy atom. The SMILES string of the molecule is COc1cccc(CNc2ncc(C#N)c(NCC3C[C@H]4CCC[C@@H](C3)C4NC(=O)OC(C)(C)C)n2)c1OC. The monoisotopic (exact) mass is 536 g/mol. The topological polar surface area (TPSA) is 130 Å². The number of fused-ring (bicyclic) bond motifs is 2. The van der Waals surface area contributed by atoms with Crippen molar-refractivity contribution in [3.8, 4) is 17.6 Å². The summed E-state index contributed by atoms with van der Waals surface area (Å²) >= 11 is 0. The first-order valence-electron chi connectivity index (χ1n) is 13.6. The highest BCUT2D eigenvalue weighted by atomic mass is 16.6. The summed E-state index contributed by atoms with van der Waals surface area (Å²) in [4.78, 5) is 21.4. The van der Waals surface area contributed by atoms with Crippen LogP contribution in [0.2, 0.25) is 0 Å². The van der Waals surface area contributed by atoms with Crippen LogP contribution in [-0.4, -0.2) is 48.5 Å². The Morgan fingerprint density at radius 2 is 1.87 bits per heavy atom. The van der Waals surface area contributed by atoms with E-state index in [-0.39, 0.29) is 12.1 Å². The number of amides is 1. The molecule has 2 aliphatic carbocycles. The Labute approximate surface area is 230 Å². The van der Waals surface area contributed by atoms with Crippen molar-refractivity contribution in [3.63, 3.8) is 0 Å². The number of nitrogens with zero attached hydrogens (tertiary/aromatic N) is 3. The lowest BCUT2D eigenvalue weighted by atomic mass is 9.64. The highest BCUT2D eigenvalue weighted by Crippen LogP contribution is 2.43. The summed E-state index contributed by atoms with van der Waals surface area (Å²) in [5.41, 5.74) is 0.798. The molecule has 2 aliphatic rings. The summed E-state index contributed by atoms with van der Waals surface area (Å²) in [5.74, 6) is 3.52. The Balaban J connectivity index is 1.37. The first-order chi connectivity index (χ1) is 18.7. The van der Waals surface area contributed by atoms with Crippen LogP contribution < -0.4 is 25.4 Å². The Morgan fingerprint density at radius 3 is 2.51 bits per heavy atom. The van der Waals surface area contributed by atoms with Crippen molar-refractivity contribution in [2.75, 3.05) is 31.4 Å². The molecule has 210 valence electrons. The number of rotatable bonds is 9. The van der Waals surface area contributed by atoms with Gasteiger partial charge in [0.15, 0.2) is 11.5 Å². The van der Waals surface area contributed by atoms with Gasteiger partial charge in [0, 0.05) is 24.7 Å². The predicted octanol–water partition coefficient (Wildman–Crippen LogP) is 5.11. The van der Waals surface area contributed by atoms with E-state index in [2.05, 4.69) is 32.0 Å². The van der Waals surface area contributed by atoms with E-state index in [4.69, 9.17) is 14.2 Å². The molecule has 2 saturated carbocycles. The molecule has 4 rings (SSSR count). The van der Waals surface area contributed by atoms with Crippen LogP contribution in [0.4, 0.5) is 16.6 Å². The minimum Gasteiger partial charge on any atom is -0.493 e. The fraction of sp³-hybridized carbons (Fsp3) is 0.586. The first-order valence-corrected chi connectivity index (χ1v) is 13.6. The number of carbonyl (C=O) groups excluding carboxylic acids is 1. The van der Waals surface area contributed by atoms with Gasteiger partial charge in [-0.15, -0.1) is 0 Å². The van der Waals surface area contributed by atoms with Crippen LogP contribution >= 0.6 is 0 Å². The Kier molecular flexibility index (Phi) is 9.00. The number of hydrogen-bond acceptors (Lipinski definition) is 9. The van der Waals surface area contributed by atoms with Gasteiger partial charge in [-0.3, -0.25) is 0 Å². The molecule has 0 aliphatic heterocycles. The highest BCUT2D eigenvalue weighted by molar-refractivity contribution is 5.68. The van der Waals surface area contributed by atoms with Crippen molar-refractivity contribution in [1.82, 2.24) is 15.3 Å². The lowest BCUT2D eigenvalue weighted by Gasteiger charge is -2.46. The maximum absolute atomic E-state index is 12.5. The molecule has 10 nitrogen and oxygen atoms in total. The van der Waals surface area contributed by atoms with Gasteiger partial charge in [0.1, 0.15) is 23.1 Å². The maximum atomic E-state index is 12.5. The Hall–Kier alpha value is -3.74. The highest BCUT2D eigenvalue weighted by Gasteiger charge is 2.41. The third kappa shape index (κ3) is 7.22. The van der Waals surface area contributed by atoms with Crippen LogP contribution in [-0.2, 0) is 11.3 Å². The molecule has 10 heteroatoms. The molecular weight excluding hydrogens is 496 g/mol. The van der Waals surface area contributed by atoms with Gasteiger partial charge in [-0.25, -0.2) is 9.78 Å². The normalized spacial score (nSPS) is 22.3. The van der Waals surface area contributed by atoms with E-state index in [0.717, 1.165) is 31.2 Å². The number of carbonyl (C=O) groups is 1. The minimum absolute atomic E-state index is 0.156. The number of ether oxygens (including phenoxy) is 3. The summed E-state index contributed by atoms with van der Waals surface area (Å²) in [6.07, 6.45) is 6.64. The van der Waals surface area contributed by atoms with Crippen LogP contribution in [0.15, 0.2) is 24.4 Å². The van der Waals surface area contributed by atoms with E-state index >= 15 is 0 Å². The molecule has 3 N–H and O–H groups in total. The molecule has 2 unspecified atom stereocenters. The van der Waals surface area contributed by atoms with Gasteiger partial charge < -0.3 is 30.2 Å². The average Bonchev–Trinajstić information content (AvgIpc) is 2.89. The second-order valence-electron chi connectivity index (χ2n) is 11.4. The van der Waals surface area contributed by atoms with Crippen molar-refractivity contribution in [3.05, 3.63) is 35.5 Å². The van der Waals surface area contributed by atoms with Crippen LogP contribution in [0.3, 0.4) is 0 Å².